The molecule has 4 aromatic rings. The zero-order valence-electron chi connectivity index (χ0n) is 13.6. The summed E-state index contributed by atoms with van der Waals surface area (Å²) in [7, 11) is 3.33. The molecule has 0 saturated heterocycles. The van der Waals surface area contributed by atoms with Gasteiger partial charge in [-0.1, -0.05) is 17.3 Å². The Morgan fingerprint density at radius 2 is 2.20 bits per heavy atom. The smallest absolute Gasteiger partial charge is 0.264 e. The maximum absolute atomic E-state index is 12.5. The molecule has 25 heavy (non-hydrogen) atoms. The molecular formula is C16H14N6O3. The van der Waals surface area contributed by atoms with Gasteiger partial charge < -0.3 is 9.26 Å². The predicted molar refractivity (Wildman–Crippen MR) is 88.2 cm³/mol. The summed E-state index contributed by atoms with van der Waals surface area (Å²) in [5, 5.41) is 8.44. The maximum atomic E-state index is 12.5. The van der Waals surface area contributed by atoms with Gasteiger partial charge in [0.15, 0.2) is 5.65 Å². The van der Waals surface area contributed by atoms with Gasteiger partial charge in [0, 0.05) is 12.6 Å². The zero-order chi connectivity index (χ0) is 17.4. The van der Waals surface area contributed by atoms with Crippen molar-refractivity contribution in [3.05, 3.63) is 53.0 Å². The van der Waals surface area contributed by atoms with Crippen LogP contribution in [-0.4, -0.2) is 36.6 Å². The first kappa shape index (κ1) is 15.1. The van der Waals surface area contributed by atoms with Gasteiger partial charge in [-0.25, -0.2) is 4.98 Å². The molecule has 0 atom stereocenters. The quantitative estimate of drug-likeness (QED) is 0.551. The van der Waals surface area contributed by atoms with Crippen molar-refractivity contribution in [3.63, 3.8) is 0 Å². The van der Waals surface area contributed by atoms with Gasteiger partial charge in [0.05, 0.1) is 13.3 Å². The van der Waals surface area contributed by atoms with Gasteiger partial charge in [-0.2, -0.15) is 10.1 Å². The number of ether oxygens (including phenoxy) is 1. The molecule has 0 spiro atoms. The first-order chi connectivity index (χ1) is 12.2. The van der Waals surface area contributed by atoms with E-state index in [-0.39, 0.29) is 12.1 Å². The first-order valence-corrected chi connectivity index (χ1v) is 7.50. The Bertz CT molecular complexity index is 1110. The van der Waals surface area contributed by atoms with Crippen molar-refractivity contribution in [3.8, 4) is 17.1 Å². The summed E-state index contributed by atoms with van der Waals surface area (Å²) in [6, 6.07) is 7.34. The average Bonchev–Trinajstić information content (AvgIpc) is 3.25. The van der Waals surface area contributed by atoms with E-state index in [1.54, 1.807) is 18.8 Å². The Balaban J connectivity index is 1.65. The number of hydrogen-bond acceptors (Lipinski definition) is 7. The van der Waals surface area contributed by atoms with Gasteiger partial charge in [0.1, 0.15) is 24.0 Å². The highest BCUT2D eigenvalue weighted by atomic mass is 16.5. The van der Waals surface area contributed by atoms with Crippen LogP contribution in [0.3, 0.4) is 0 Å². The molecule has 3 aromatic heterocycles. The monoisotopic (exact) mass is 338 g/mol. The molecule has 3 heterocycles. The van der Waals surface area contributed by atoms with E-state index in [9.17, 15) is 4.79 Å². The van der Waals surface area contributed by atoms with Gasteiger partial charge in [-0.05, 0) is 12.1 Å². The molecule has 0 aliphatic carbocycles. The van der Waals surface area contributed by atoms with E-state index < -0.39 is 0 Å². The highest BCUT2D eigenvalue weighted by molar-refractivity contribution is 5.72. The Morgan fingerprint density at radius 3 is 3.04 bits per heavy atom. The number of benzene rings is 1. The lowest BCUT2D eigenvalue weighted by atomic mass is 10.2. The summed E-state index contributed by atoms with van der Waals surface area (Å²) < 4.78 is 13.4. The summed E-state index contributed by atoms with van der Waals surface area (Å²) >= 11 is 0. The summed E-state index contributed by atoms with van der Waals surface area (Å²) in [5.41, 5.74) is 1.09. The van der Waals surface area contributed by atoms with Crippen molar-refractivity contribution >= 4 is 11.0 Å². The molecule has 0 unspecified atom stereocenters. The van der Waals surface area contributed by atoms with Gasteiger partial charge >= 0.3 is 0 Å². The van der Waals surface area contributed by atoms with E-state index in [1.807, 2.05) is 24.3 Å². The second kappa shape index (κ2) is 5.86. The van der Waals surface area contributed by atoms with Gasteiger partial charge in [-0.3, -0.25) is 14.0 Å². The van der Waals surface area contributed by atoms with Crippen LogP contribution >= 0.6 is 0 Å². The third kappa shape index (κ3) is 2.65. The van der Waals surface area contributed by atoms with Crippen molar-refractivity contribution in [2.24, 2.45) is 7.05 Å². The minimum atomic E-state index is -0.209. The van der Waals surface area contributed by atoms with Crippen LogP contribution in [0.5, 0.6) is 5.75 Å². The average molecular weight is 338 g/mol. The molecule has 0 fully saturated rings. The Kier molecular flexibility index (Phi) is 3.53. The lowest BCUT2D eigenvalue weighted by Gasteiger charge is -2.01. The molecular weight excluding hydrogens is 324 g/mol. The molecule has 1 aromatic carbocycles. The first-order valence-electron chi connectivity index (χ1n) is 7.50. The highest BCUT2D eigenvalue weighted by Crippen LogP contribution is 2.21. The molecule has 0 amide bonds. The number of fused-ring (bicyclic) bond motifs is 1. The molecule has 0 N–H and O–H groups in total. The van der Waals surface area contributed by atoms with E-state index in [0.717, 1.165) is 5.56 Å². The lowest BCUT2D eigenvalue weighted by molar-refractivity contribution is 0.369. The minimum absolute atomic E-state index is 0.133. The van der Waals surface area contributed by atoms with Crippen molar-refractivity contribution in [2.75, 3.05) is 7.11 Å². The summed E-state index contributed by atoms with van der Waals surface area (Å²) in [6.45, 7) is 0.133. The van der Waals surface area contributed by atoms with E-state index in [4.69, 9.17) is 9.26 Å². The van der Waals surface area contributed by atoms with Gasteiger partial charge in [0.25, 0.3) is 5.56 Å². The summed E-state index contributed by atoms with van der Waals surface area (Å²) in [4.78, 5) is 21.0. The third-order valence-electron chi connectivity index (χ3n) is 3.82. The van der Waals surface area contributed by atoms with E-state index in [0.29, 0.717) is 28.5 Å². The number of aromatic nitrogens is 6. The maximum Gasteiger partial charge on any atom is 0.264 e. The van der Waals surface area contributed by atoms with Crippen LogP contribution in [0.15, 0.2) is 46.1 Å². The van der Waals surface area contributed by atoms with Crippen molar-refractivity contribution in [1.29, 1.82) is 0 Å². The normalized spacial score (nSPS) is 11.1. The molecule has 4 rings (SSSR count). The SMILES string of the molecule is COc1cccc(-c2noc(Cn3cnc4c(cnn4C)c3=O)n2)c1. The predicted octanol–water partition coefficient (Wildman–Crippen LogP) is 1.24. The van der Waals surface area contributed by atoms with Crippen molar-refractivity contribution in [2.45, 2.75) is 6.54 Å². The lowest BCUT2D eigenvalue weighted by Crippen LogP contribution is -2.21. The summed E-state index contributed by atoms with van der Waals surface area (Å²) in [5.74, 6) is 1.44. The van der Waals surface area contributed by atoms with Crippen LogP contribution in [-0.2, 0) is 13.6 Å². The minimum Gasteiger partial charge on any atom is -0.497 e. The van der Waals surface area contributed by atoms with Gasteiger partial charge in [-0.15, -0.1) is 0 Å². The van der Waals surface area contributed by atoms with E-state index in [1.165, 1.54) is 17.1 Å². The van der Waals surface area contributed by atoms with Crippen LogP contribution in [0.1, 0.15) is 5.89 Å². The second-order valence-electron chi connectivity index (χ2n) is 5.43. The fraction of sp³-hybridized carbons (Fsp3) is 0.188. The van der Waals surface area contributed by atoms with Crippen LogP contribution in [0, 0.1) is 0 Å². The number of nitrogens with zero attached hydrogens (tertiary/aromatic N) is 6. The van der Waals surface area contributed by atoms with E-state index >= 15 is 0 Å². The topological polar surface area (TPSA) is 101 Å². The van der Waals surface area contributed by atoms with Crippen molar-refractivity contribution in [1.82, 2.24) is 29.5 Å². The molecule has 0 saturated carbocycles. The molecule has 126 valence electrons. The van der Waals surface area contributed by atoms with E-state index in [2.05, 4.69) is 20.2 Å². The highest BCUT2D eigenvalue weighted by Gasteiger charge is 2.13. The Hall–Kier alpha value is -3.49. The number of hydrogen-bond donors (Lipinski definition) is 0. The number of rotatable bonds is 4. The van der Waals surface area contributed by atoms with Crippen LogP contribution in [0.25, 0.3) is 22.4 Å². The number of aryl methyl sites for hydroxylation is 1. The van der Waals surface area contributed by atoms with Gasteiger partial charge in [0.2, 0.25) is 11.7 Å². The molecule has 9 nitrogen and oxygen atoms in total. The third-order valence-corrected chi connectivity index (χ3v) is 3.82. The molecule has 0 bridgehead atoms. The van der Waals surface area contributed by atoms with Crippen LogP contribution in [0.4, 0.5) is 0 Å². The fourth-order valence-corrected chi connectivity index (χ4v) is 2.52. The van der Waals surface area contributed by atoms with Crippen molar-refractivity contribution < 1.29 is 9.26 Å². The second-order valence-corrected chi connectivity index (χ2v) is 5.43. The standard InChI is InChI=1S/C16H14N6O3/c1-21-15-12(7-18-21)16(23)22(9-17-15)8-13-19-14(20-25-13)10-4-3-5-11(6-10)24-2/h3-7,9H,8H2,1-2H3. The Labute approximate surface area is 141 Å². The zero-order valence-corrected chi connectivity index (χ0v) is 13.6. The molecule has 0 radical (unpaired) electrons. The number of methoxy groups -OCH3 is 1. The Morgan fingerprint density at radius 1 is 1.32 bits per heavy atom. The molecule has 0 aliphatic rings. The van der Waals surface area contributed by atoms with Crippen LogP contribution < -0.4 is 10.3 Å². The molecule has 0 aliphatic heterocycles. The molecule has 9 heteroatoms. The summed E-state index contributed by atoms with van der Waals surface area (Å²) in [6.07, 6.45) is 2.94. The fourth-order valence-electron chi connectivity index (χ4n) is 2.52. The van der Waals surface area contributed by atoms with Crippen LogP contribution in [0.2, 0.25) is 0 Å². The largest absolute Gasteiger partial charge is 0.497 e.